The van der Waals surface area contributed by atoms with Gasteiger partial charge in [-0.1, -0.05) is 37.5 Å². The summed E-state index contributed by atoms with van der Waals surface area (Å²) in [6.07, 6.45) is 6.11. The molecule has 5 nitrogen and oxygen atoms in total. The summed E-state index contributed by atoms with van der Waals surface area (Å²) < 4.78 is 0. The van der Waals surface area contributed by atoms with Crippen molar-refractivity contribution in [3.63, 3.8) is 0 Å². The minimum Gasteiger partial charge on any atom is -0.396 e. The van der Waals surface area contributed by atoms with Crippen LogP contribution < -0.4 is 10.6 Å². The summed E-state index contributed by atoms with van der Waals surface area (Å²) in [6.45, 7) is 1.89. The molecule has 0 radical (unpaired) electrons. The topological polar surface area (TPSA) is 78.4 Å². The second kappa shape index (κ2) is 8.67. The van der Waals surface area contributed by atoms with Gasteiger partial charge in [0.25, 0.3) is 0 Å². The average molecular weight is 318 g/mol. The van der Waals surface area contributed by atoms with Crippen LogP contribution >= 0.6 is 0 Å². The number of anilines is 1. The van der Waals surface area contributed by atoms with E-state index in [1.807, 2.05) is 25.1 Å². The predicted molar refractivity (Wildman–Crippen MR) is 90.0 cm³/mol. The Labute approximate surface area is 137 Å². The number of carbonyl (C=O) groups excluding carboxylic acids is 2. The van der Waals surface area contributed by atoms with Crippen molar-refractivity contribution in [2.24, 2.45) is 5.92 Å². The lowest BCUT2D eigenvalue weighted by molar-refractivity contribution is -0.137. The van der Waals surface area contributed by atoms with E-state index < -0.39 is 11.8 Å². The largest absolute Gasteiger partial charge is 0.396 e. The van der Waals surface area contributed by atoms with E-state index in [2.05, 4.69) is 10.6 Å². The molecule has 3 N–H and O–H groups in total. The van der Waals surface area contributed by atoms with Crippen LogP contribution in [-0.4, -0.2) is 29.6 Å². The molecule has 126 valence electrons. The maximum absolute atomic E-state index is 12.2. The van der Waals surface area contributed by atoms with Gasteiger partial charge in [0.2, 0.25) is 0 Å². The van der Waals surface area contributed by atoms with Crippen LogP contribution in [0.5, 0.6) is 0 Å². The molecule has 1 aromatic rings. The Bertz CT molecular complexity index is 539. The summed E-state index contributed by atoms with van der Waals surface area (Å²) in [5.41, 5.74) is 1.55. The molecule has 1 fully saturated rings. The van der Waals surface area contributed by atoms with Gasteiger partial charge in [0, 0.05) is 18.3 Å². The fourth-order valence-electron chi connectivity index (χ4n) is 3.23. The molecular formula is C18H26N2O3. The van der Waals surface area contributed by atoms with Gasteiger partial charge in [0.15, 0.2) is 0 Å². The van der Waals surface area contributed by atoms with E-state index in [4.69, 9.17) is 0 Å². The van der Waals surface area contributed by atoms with Gasteiger partial charge >= 0.3 is 11.8 Å². The molecule has 0 bridgehead atoms. The zero-order valence-corrected chi connectivity index (χ0v) is 13.7. The van der Waals surface area contributed by atoms with Crippen molar-refractivity contribution in [3.05, 3.63) is 29.8 Å². The number of aliphatic hydroxyl groups excluding tert-OH is 1. The Morgan fingerprint density at radius 3 is 2.52 bits per heavy atom. The number of nitrogens with one attached hydrogen (secondary N) is 2. The fraction of sp³-hybridized carbons (Fsp3) is 0.556. The van der Waals surface area contributed by atoms with Crippen molar-refractivity contribution >= 4 is 17.5 Å². The average Bonchev–Trinajstić information content (AvgIpc) is 2.57. The first-order chi connectivity index (χ1) is 11.1. The lowest BCUT2D eigenvalue weighted by Crippen LogP contribution is -2.46. The van der Waals surface area contributed by atoms with Gasteiger partial charge in [-0.05, 0) is 43.7 Å². The third kappa shape index (κ3) is 5.06. The van der Waals surface area contributed by atoms with Crippen molar-refractivity contribution in [1.82, 2.24) is 5.32 Å². The number of aryl methyl sites for hydroxylation is 1. The molecule has 1 atom stereocenters. The molecule has 1 aliphatic carbocycles. The Morgan fingerprint density at radius 1 is 1.17 bits per heavy atom. The van der Waals surface area contributed by atoms with Crippen LogP contribution in [0.4, 0.5) is 5.69 Å². The monoisotopic (exact) mass is 318 g/mol. The molecule has 0 spiro atoms. The van der Waals surface area contributed by atoms with Crippen LogP contribution in [0, 0.1) is 12.8 Å². The number of hydrogen-bond acceptors (Lipinski definition) is 3. The summed E-state index contributed by atoms with van der Waals surface area (Å²) >= 11 is 0. The Hall–Kier alpha value is -1.88. The number of rotatable bonds is 5. The zero-order chi connectivity index (χ0) is 16.7. The molecular weight excluding hydrogens is 292 g/mol. The van der Waals surface area contributed by atoms with Crippen LogP contribution in [0.1, 0.15) is 44.1 Å². The molecule has 0 heterocycles. The van der Waals surface area contributed by atoms with Gasteiger partial charge < -0.3 is 15.7 Å². The normalized spacial score (nSPS) is 16.6. The Kier molecular flexibility index (Phi) is 6.59. The number of carbonyl (C=O) groups is 2. The zero-order valence-electron chi connectivity index (χ0n) is 13.7. The third-order valence-corrected chi connectivity index (χ3v) is 4.57. The van der Waals surface area contributed by atoms with E-state index in [1.54, 1.807) is 6.07 Å². The fourth-order valence-corrected chi connectivity index (χ4v) is 3.23. The second-order valence-electron chi connectivity index (χ2n) is 6.26. The van der Waals surface area contributed by atoms with Gasteiger partial charge in [-0.15, -0.1) is 0 Å². The van der Waals surface area contributed by atoms with Crippen LogP contribution in [0.3, 0.4) is 0 Å². The SMILES string of the molecule is Cc1ccccc1NC(=O)C(=O)NC(CCO)C1CCCCC1. The highest BCUT2D eigenvalue weighted by Gasteiger charge is 2.26. The quantitative estimate of drug-likeness (QED) is 0.729. The predicted octanol–water partition coefficient (Wildman–Crippen LogP) is 2.38. The van der Waals surface area contributed by atoms with Crippen LogP contribution in [0.15, 0.2) is 24.3 Å². The lowest BCUT2D eigenvalue weighted by Gasteiger charge is -2.30. The van der Waals surface area contributed by atoms with Crippen molar-refractivity contribution in [2.45, 2.75) is 51.5 Å². The first-order valence-electron chi connectivity index (χ1n) is 8.40. The maximum atomic E-state index is 12.2. The van der Waals surface area contributed by atoms with Gasteiger partial charge in [-0.2, -0.15) is 0 Å². The number of para-hydroxylation sites is 1. The molecule has 1 saturated carbocycles. The number of aliphatic hydroxyl groups is 1. The summed E-state index contributed by atoms with van der Waals surface area (Å²) in [6, 6.07) is 7.22. The molecule has 1 aromatic carbocycles. The summed E-state index contributed by atoms with van der Waals surface area (Å²) in [5.74, 6) is -0.929. The van der Waals surface area contributed by atoms with Gasteiger partial charge in [0.05, 0.1) is 0 Å². The molecule has 23 heavy (non-hydrogen) atoms. The standard InChI is InChI=1S/C18H26N2O3/c1-13-7-5-6-10-15(13)19-17(22)18(23)20-16(11-12-21)14-8-3-2-4-9-14/h5-7,10,14,16,21H,2-4,8-9,11-12H2,1H3,(H,19,22)(H,20,23). The number of hydrogen-bond donors (Lipinski definition) is 3. The number of benzene rings is 1. The highest BCUT2D eigenvalue weighted by atomic mass is 16.3. The van der Waals surface area contributed by atoms with E-state index >= 15 is 0 Å². The van der Waals surface area contributed by atoms with Crippen LogP contribution in [0.2, 0.25) is 0 Å². The molecule has 0 saturated heterocycles. The number of amides is 2. The molecule has 0 aromatic heterocycles. The van der Waals surface area contributed by atoms with Crippen LogP contribution in [-0.2, 0) is 9.59 Å². The van der Waals surface area contributed by atoms with Gasteiger partial charge in [0.1, 0.15) is 0 Å². The van der Waals surface area contributed by atoms with E-state index in [0.29, 0.717) is 18.0 Å². The minimum absolute atomic E-state index is 0.0147. The van der Waals surface area contributed by atoms with E-state index in [1.165, 1.54) is 6.42 Å². The van der Waals surface area contributed by atoms with Crippen molar-refractivity contribution in [1.29, 1.82) is 0 Å². The summed E-state index contributed by atoms with van der Waals surface area (Å²) in [5, 5.41) is 14.7. The summed E-state index contributed by atoms with van der Waals surface area (Å²) in [7, 11) is 0. The lowest BCUT2D eigenvalue weighted by atomic mass is 9.82. The van der Waals surface area contributed by atoms with Crippen molar-refractivity contribution in [3.8, 4) is 0 Å². The Balaban J connectivity index is 1.94. The van der Waals surface area contributed by atoms with E-state index in [9.17, 15) is 14.7 Å². The molecule has 0 aliphatic heterocycles. The van der Waals surface area contributed by atoms with Crippen molar-refractivity contribution in [2.75, 3.05) is 11.9 Å². The first-order valence-corrected chi connectivity index (χ1v) is 8.40. The summed E-state index contributed by atoms with van der Waals surface area (Å²) in [4.78, 5) is 24.3. The molecule has 1 unspecified atom stereocenters. The minimum atomic E-state index is -0.655. The van der Waals surface area contributed by atoms with E-state index in [0.717, 1.165) is 31.2 Å². The molecule has 5 heteroatoms. The van der Waals surface area contributed by atoms with Crippen LogP contribution in [0.25, 0.3) is 0 Å². The molecule has 1 aliphatic rings. The first kappa shape index (κ1) is 17.5. The highest BCUT2D eigenvalue weighted by molar-refractivity contribution is 6.39. The van der Waals surface area contributed by atoms with Gasteiger partial charge in [-0.3, -0.25) is 9.59 Å². The molecule has 2 rings (SSSR count). The van der Waals surface area contributed by atoms with E-state index in [-0.39, 0.29) is 12.6 Å². The second-order valence-corrected chi connectivity index (χ2v) is 6.26. The smallest absolute Gasteiger partial charge is 0.313 e. The Morgan fingerprint density at radius 2 is 1.87 bits per heavy atom. The molecule has 2 amide bonds. The highest BCUT2D eigenvalue weighted by Crippen LogP contribution is 2.27. The maximum Gasteiger partial charge on any atom is 0.313 e. The third-order valence-electron chi connectivity index (χ3n) is 4.57. The van der Waals surface area contributed by atoms with Gasteiger partial charge in [-0.25, -0.2) is 0 Å². The van der Waals surface area contributed by atoms with Crippen molar-refractivity contribution < 1.29 is 14.7 Å².